The molecule has 0 aliphatic carbocycles. The normalized spacial score (nSPS) is 15.7. The molecule has 0 radical (unpaired) electrons. The van der Waals surface area contributed by atoms with Crippen molar-refractivity contribution in [1.29, 1.82) is 0 Å². The first-order valence-corrected chi connectivity index (χ1v) is 4.97. The molecule has 74 valence electrons. The van der Waals surface area contributed by atoms with E-state index in [2.05, 4.69) is 25.9 Å². The third-order valence-corrected chi connectivity index (χ3v) is 2.62. The Balaban J connectivity index is 2.70. The predicted molar refractivity (Wildman–Crippen MR) is 54.3 cm³/mol. The molecule has 0 aromatic carbocycles. The van der Waals surface area contributed by atoms with Crippen molar-refractivity contribution in [3.8, 4) is 0 Å². The van der Waals surface area contributed by atoms with E-state index in [4.69, 9.17) is 5.73 Å². The SMILES string of the molecule is CCC(C)C(N)c1cnn(CC)c1. The molecular weight excluding hydrogens is 162 g/mol. The summed E-state index contributed by atoms with van der Waals surface area (Å²) in [6.45, 7) is 7.32. The molecule has 2 unspecified atom stereocenters. The van der Waals surface area contributed by atoms with Crippen molar-refractivity contribution in [2.45, 2.75) is 39.8 Å². The minimum atomic E-state index is 0.130. The molecule has 1 aromatic heterocycles. The van der Waals surface area contributed by atoms with Crippen LogP contribution in [0.25, 0.3) is 0 Å². The number of rotatable bonds is 4. The van der Waals surface area contributed by atoms with Crippen LogP contribution in [0.2, 0.25) is 0 Å². The van der Waals surface area contributed by atoms with Crippen molar-refractivity contribution >= 4 is 0 Å². The Morgan fingerprint density at radius 3 is 2.69 bits per heavy atom. The van der Waals surface area contributed by atoms with Crippen LogP contribution in [-0.2, 0) is 6.54 Å². The fourth-order valence-electron chi connectivity index (χ4n) is 1.31. The predicted octanol–water partition coefficient (Wildman–Crippen LogP) is 1.95. The highest BCUT2D eigenvalue weighted by Crippen LogP contribution is 2.20. The molecule has 1 rings (SSSR count). The number of hydrogen-bond donors (Lipinski definition) is 1. The van der Waals surface area contributed by atoms with Gasteiger partial charge in [0.25, 0.3) is 0 Å². The lowest BCUT2D eigenvalue weighted by Crippen LogP contribution is -2.17. The fraction of sp³-hybridized carbons (Fsp3) is 0.700. The van der Waals surface area contributed by atoms with Gasteiger partial charge < -0.3 is 5.73 Å². The maximum atomic E-state index is 6.06. The van der Waals surface area contributed by atoms with Crippen LogP contribution in [0.15, 0.2) is 12.4 Å². The van der Waals surface area contributed by atoms with Crippen molar-refractivity contribution in [3.05, 3.63) is 18.0 Å². The van der Waals surface area contributed by atoms with Gasteiger partial charge >= 0.3 is 0 Å². The molecule has 0 spiro atoms. The molecule has 0 aliphatic rings. The Labute approximate surface area is 79.9 Å². The van der Waals surface area contributed by atoms with Crippen LogP contribution in [0.3, 0.4) is 0 Å². The van der Waals surface area contributed by atoms with Crippen LogP contribution in [-0.4, -0.2) is 9.78 Å². The van der Waals surface area contributed by atoms with Crippen LogP contribution < -0.4 is 5.73 Å². The number of nitrogens with two attached hydrogens (primary N) is 1. The van der Waals surface area contributed by atoms with E-state index in [1.807, 2.05) is 17.1 Å². The molecule has 1 heterocycles. The molecule has 2 N–H and O–H groups in total. The Morgan fingerprint density at radius 2 is 2.23 bits per heavy atom. The highest BCUT2D eigenvalue weighted by molar-refractivity contribution is 5.10. The van der Waals surface area contributed by atoms with E-state index in [0.29, 0.717) is 5.92 Å². The summed E-state index contributed by atoms with van der Waals surface area (Å²) in [5.74, 6) is 0.523. The van der Waals surface area contributed by atoms with E-state index >= 15 is 0 Å². The number of hydrogen-bond acceptors (Lipinski definition) is 2. The van der Waals surface area contributed by atoms with Crippen LogP contribution in [0, 0.1) is 5.92 Å². The van der Waals surface area contributed by atoms with Gasteiger partial charge in [-0.2, -0.15) is 5.10 Å². The zero-order valence-electron chi connectivity index (χ0n) is 8.70. The zero-order valence-corrected chi connectivity index (χ0v) is 8.70. The lowest BCUT2D eigenvalue weighted by atomic mass is 9.96. The number of aryl methyl sites for hydroxylation is 1. The van der Waals surface area contributed by atoms with Gasteiger partial charge in [0.05, 0.1) is 6.20 Å². The second-order valence-electron chi connectivity index (χ2n) is 3.54. The van der Waals surface area contributed by atoms with Crippen LogP contribution in [0.5, 0.6) is 0 Å². The van der Waals surface area contributed by atoms with E-state index in [1.165, 1.54) is 0 Å². The van der Waals surface area contributed by atoms with Crippen molar-refractivity contribution in [1.82, 2.24) is 9.78 Å². The van der Waals surface area contributed by atoms with Crippen molar-refractivity contribution < 1.29 is 0 Å². The smallest absolute Gasteiger partial charge is 0.0537 e. The average molecular weight is 181 g/mol. The average Bonchev–Trinajstić information content (AvgIpc) is 2.63. The number of nitrogens with zero attached hydrogens (tertiary/aromatic N) is 2. The molecule has 0 saturated carbocycles. The minimum absolute atomic E-state index is 0.130. The number of aromatic nitrogens is 2. The quantitative estimate of drug-likeness (QED) is 0.771. The van der Waals surface area contributed by atoms with Gasteiger partial charge in [-0.1, -0.05) is 20.3 Å². The summed E-state index contributed by atoms with van der Waals surface area (Å²) in [5.41, 5.74) is 7.21. The largest absolute Gasteiger partial charge is 0.324 e. The first kappa shape index (κ1) is 10.3. The third-order valence-electron chi connectivity index (χ3n) is 2.62. The van der Waals surface area contributed by atoms with Gasteiger partial charge in [-0.05, 0) is 12.8 Å². The molecule has 0 aliphatic heterocycles. The summed E-state index contributed by atoms with van der Waals surface area (Å²) in [6.07, 6.45) is 5.02. The van der Waals surface area contributed by atoms with Gasteiger partial charge in [0.2, 0.25) is 0 Å². The lowest BCUT2D eigenvalue weighted by molar-refractivity contribution is 0.456. The summed E-state index contributed by atoms with van der Waals surface area (Å²) in [7, 11) is 0. The first-order valence-electron chi connectivity index (χ1n) is 4.97. The van der Waals surface area contributed by atoms with Gasteiger partial charge in [0.1, 0.15) is 0 Å². The molecule has 3 heteroatoms. The Morgan fingerprint density at radius 1 is 1.54 bits per heavy atom. The van der Waals surface area contributed by atoms with E-state index in [9.17, 15) is 0 Å². The highest BCUT2D eigenvalue weighted by Gasteiger charge is 2.14. The van der Waals surface area contributed by atoms with Crippen molar-refractivity contribution in [3.63, 3.8) is 0 Å². The van der Waals surface area contributed by atoms with Crippen LogP contribution in [0.4, 0.5) is 0 Å². The van der Waals surface area contributed by atoms with Crippen LogP contribution >= 0.6 is 0 Å². The zero-order chi connectivity index (χ0) is 9.84. The Bertz CT molecular complexity index is 254. The molecule has 0 saturated heterocycles. The van der Waals surface area contributed by atoms with Crippen LogP contribution in [0.1, 0.15) is 38.8 Å². The van der Waals surface area contributed by atoms with E-state index < -0.39 is 0 Å². The molecule has 0 amide bonds. The molecule has 3 nitrogen and oxygen atoms in total. The standard InChI is InChI=1S/C10H19N3/c1-4-8(3)10(11)9-6-12-13(5-2)7-9/h6-8,10H,4-5,11H2,1-3H3. The molecular formula is C10H19N3. The van der Waals surface area contributed by atoms with Crippen molar-refractivity contribution in [2.24, 2.45) is 11.7 Å². The van der Waals surface area contributed by atoms with E-state index in [-0.39, 0.29) is 6.04 Å². The van der Waals surface area contributed by atoms with Gasteiger partial charge in [-0.15, -0.1) is 0 Å². The van der Waals surface area contributed by atoms with Crippen molar-refractivity contribution in [2.75, 3.05) is 0 Å². The Hall–Kier alpha value is -0.830. The van der Waals surface area contributed by atoms with Gasteiger partial charge in [0, 0.05) is 24.3 Å². The van der Waals surface area contributed by atoms with E-state index in [0.717, 1.165) is 18.5 Å². The summed E-state index contributed by atoms with van der Waals surface area (Å²) in [5, 5.41) is 4.21. The topological polar surface area (TPSA) is 43.8 Å². The minimum Gasteiger partial charge on any atom is -0.324 e. The summed E-state index contributed by atoms with van der Waals surface area (Å²) >= 11 is 0. The van der Waals surface area contributed by atoms with Gasteiger partial charge in [0.15, 0.2) is 0 Å². The highest BCUT2D eigenvalue weighted by atomic mass is 15.3. The second kappa shape index (κ2) is 4.42. The monoisotopic (exact) mass is 181 g/mol. The first-order chi connectivity index (χ1) is 6.19. The molecule has 1 aromatic rings. The maximum absolute atomic E-state index is 6.06. The third kappa shape index (κ3) is 2.31. The summed E-state index contributed by atoms with van der Waals surface area (Å²) in [4.78, 5) is 0. The van der Waals surface area contributed by atoms with Gasteiger partial charge in [-0.25, -0.2) is 0 Å². The Kier molecular flexibility index (Phi) is 3.48. The van der Waals surface area contributed by atoms with E-state index in [1.54, 1.807) is 0 Å². The fourth-order valence-corrected chi connectivity index (χ4v) is 1.31. The summed E-state index contributed by atoms with van der Waals surface area (Å²) in [6, 6.07) is 0.130. The molecule has 2 atom stereocenters. The molecule has 13 heavy (non-hydrogen) atoms. The lowest BCUT2D eigenvalue weighted by Gasteiger charge is -2.16. The molecule has 0 fully saturated rings. The summed E-state index contributed by atoms with van der Waals surface area (Å²) < 4.78 is 1.91. The second-order valence-corrected chi connectivity index (χ2v) is 3.54. The van der Waals surface area contributed by atoms with Gasteiger partial charge in [-0.3, -0.25) is 4.68 Å². The maximum Gasteiger partial charge on any atom is 0.0537 e. The molecule has 0 bridgehead atoms.